The molecule has 2 heterocycles. The average Bonchev–Trinajstić information content (AvgIpc) is 3.62. The zero-order valence-corrected chi connectivity index (χ0v) is 30.2. The van der Waals surface area contributed by atoms with Crippen molar-refractivity contribution in [3.05, 3.63) is 0 Å². The minimum Gasteiger partial charge on any atom is -0.394 e. The fourth-order valence-corrected chi connectivity index (χ4v) is 13.7. The van der Waals surface area contributed by atoms with Crippen molar-refractivity contribution in [1.29, 1.82) is 0 Å². The highest BCUT2D eigenvalue weighted by Crippen LogP contribution is 2.89. The predicted molar refractivity (Wildman–Crippen MR) is 176 cm³/mol. The lowest BCUT2D eigenvalue weighted by molar-refractivity contribution is -0.254. The molecule has 4 N–H and O–H groups in total. The molecule has 7 aliphatic rings. The molecule has 5 aliphatic carbocycles. The van der Waals surface area contributed by atoms with Gasteiger partial charge in [-0.3, -0.25) is 4.90 Å². The average molecular weight is 648 g/mol. The molecule has 14 atom stereocenters. The van der Waals surface area contributed by atoms with E-state index in [1.54, 1.807) is 13.8 Å². The molecule has 8 heteroatoms. The van der Waals surface area contributed by atoms with Crippen molar-refractivity contribution in [2.75, 3.05) is 26.3 Å². The van der Waals surface area contributed by atoms with Crippen LogP contribution in [-0.2, 0) is 14.2 Å². The molecule has 0 aromatic heterocycles. The Labute approximate surface area is 277 Å². The second-order valence-electron chi connectivity index (χ2n) is 19.5. The van der Waals surface area contributed by atoms with Crippen molar-refractivity contribution in [3.63, 3.8) is 0 Å². The van der Waals surface area contributed by atoms with Crippen LogP contribution in [0.2, 0.25) is 0 Å². The maximum Gasteiger partial charge on any atom is 0.170 e. The zero-order chi connectivity index (χ0) is 33.5. The first-order chi connectivity index (χ1) is 21.3. The molecule has 2 saturated heterocycles. The number of fused-ring (bicyclic) bond motifs is 4. The van der Waals surface area contributed by atoms with Gasteiger partial charge in [0.05, 0.1) is 49.8 Å². The Kier molecular flexibility index (Phi) is 7.87. The van der Waals surface area contributed by atoms with Crippen LogP contribution in [0.3, 0.4) is 0 Å². The highest BCUT2D eigenvalue weighted by Gasteiger charge is 2.84. The van der Waals surface area contributed by atoms with Gasteiger partial charge in [0.1, 0.15) is 6.10 Å². The van der Waals surface area contributed by atoms with Crippen LogP contribution in [0, 0.1) is 50.7 Å². The third kappa shape index (κ3) is 4.39. The van der Waals surface area contributed by atoms with Gasteiger partial charge < -0.3 is 34.6 Å². The Morgan fingerprint density at radius 2 is 1.65 bits per heavy atom. The number of aliphatic hydroxyl groups is 4. The zero-order valence-electron chi connectivity index (χ0n) is 30.2. The Hall–Kier alpha value is -0.320. The molecular weight excluding hydrogens is 582 g/mol. The van der Waals surface area contributed by atoms with E-state index in [1.807, 2.05) is 0 Å². The van der Waals surface area contributed by atoms with E-state index >= 15 is 0 Å². The maximum absolute atomic E-state index is 12.4. The minimum atomic E-state index is -1.25. The van der Waals surface area contributed by atoms with E-state index in [1.165, 1.54) is 25.7 Å². The van der Waals surface area contributed by atoms with Crippen molar-refractivity contribution in [1.82, 2.24) is 4.90 Å². The van der Waals surface area contributed by atoms with E-state index in [9.17, 15) is 20.4 Å². The van der Waals surface area contributed by atoms with Gasteiger partial charge in [-0.05, 0) is 124 Å². The summed E-state index contributed by atoms with van der Waals surface area (Å²) in [5.74, 6) is 1.58. The van der Waals surface area contributed by atoms with Crippen LogP contribution in [0.1, 0.15) is 114 Å². The van der Waals surface area contributed by atoms with Crippen molar-refractivity contribution >= 4 is 0 Å². The summed E-state index contributed by atoms with van der Waals surface area (Å²) in [5, 5.41) is 44.1. The summed E-state index contributed by atoms with van der Waals surface area (Å²) in [5.41, 5.74) is -1.24. The Bertz CT molecular complexity index is 1190. The highest BCUT2D eigenvalue weighted by molar-refractivity contribution is 5.33. The van der Waals surface area contributed by atoms with Gasteiger partial charge >= 0.3 is 0 Å². The van der Waals surface area contributed by atoms with E-state index in [4.69, 9.17) is 14.2 Å². The van der Waals surface area contributed by atoms with Gasteiger partial charge in [0, 0.05) is 17.5 Å². The van der Waals surface area contributed by atoms with E-state index in [0.717, 1.165) is 25.8 Å². The van der Waals surface area contributed by atoms with E-state index in [0.29, 0.717) is 42.7 Å². The molecule has 8 nitrogen and oxygen atoms in total. The van der Waals surface area contributed by atoms with Gasteiger partial charge in [0.15, 0.2) is 6.29 Å². The third-order valence-corrected chi connectivity index (χ3v) is 16.4. The number of ether oxygens (including phenoxy) is 3. The van der Waals surface area contributed by atoms with Crippen molar-refractivity contribution in [3.8, 4) is 0 Å². The van der Waals surface area contributed by atoms with Gasteiger partial charge in [-0.1, -0.05) is 34.6 Å². The Balaban J connectivity index is 1.12. The van der Waals surface area contributed by atoms with Crippen LogP contribution in [-0.4, -0.2) is 99.6 Å². The van der Waals surface area contributed by atoms with Crippen molar-refractivity contribution < 1.29 is 34.6 Å². The lowest BCUT2D eigenvalue weighted by Gasteiger charge is -2.64. The SMILES string of the molecule is C[C@@H]1CC([C@H](O)C(C)(C)O)OC2[C@H]1[C@@]1(C)CC[C@@]34C[C@@]35CCC(O[C@H]3CN(C(C)(C)CO)CCO3)C(C)(C)[C@@H]5CCC4[C@]1(C)[C@H]2O. The number of hydrogen-bond acceptors (Lipinski definition) is 8. The molecule has 0 aromatic carbocycles. The Morgan fingerprint density at radius 1 is 0.978 bits per heavy atom. The van der Waals surface area contributed by atoms with Crippen LogP contribution in [0.4, 0.5) is 0 Å². The third-order valence-electron chi connectivity index (χ3n) is 16.4. The number of hydrogen-bond donors (Lipinski definition) is 4. The molecule has 7 rings (SSSR count). The normalized spacial score (nSPS) is 52.5. The topological polar surface area (TPSA) is 112 Å². The van der Waals surface area contributed by atoms with E-state index in [-0.39, 0.29) is 58.2 Å². The summed E-state index contributed by atoms with van der Waals surface area (Å²) < 4.78 is 19.7. The second-order valence-corrected chi connectivity index (χ2v) is 19.5. The molecule has 5 saturated carbocycles. The minimum absolute atomic E-state index is 0.0207. The standard InChI is InChI=1S/C38H65NO7/c1-22-18-23(30(41)34(6,7)43)45-29-28(22)35(8)14-15-38-20-37(38)13-12-26(46-27-19-39(16-17-44-27)32(2,3)21-40)33(4,5)24(37)10-11-25(38)36(35,9)31(29)42/h22-31,40-43H,10-21H2,1-9H3/t22-,23?,24+,25?,26?,27+,28+,29?,30+,31+,35-,36-,37-,38+/m1/s1. The molecule has 2 spiro atoms. The Morgan fingerprint density at radius 3 is 2.33 bits per heavy atom. The van der Waals surface area contributed by atoms with Gasteiger partial charge in [0.2, 0.25) is 0 Å². The number of aliphatic hydroxyl groups excluding tert-OH is 3. The largest absolute Gasteiger partial charge is 0.394 e. The summed E-state index contributed by atoms with van der Waals surface area (Å²) in [6.45, 7) is 21.8. The molecule has 0 bridgehead atoms. The molecular formula is C38H65NO7. The summed E-state index contributed by atoms with van der Waals surface area (Å²) >= 11 is 0. The lowest BCUT2D eigenvalue weighted by Crippen LogP contribution is -2.60. The first-order valence-corrected chi connectivity index (χ1v) is 18.7. The number of rotatable bonds is 6. The van der Waals surface area contributed by atoms with Gasteiger partial charge in [-0.15, -0.1) is 0 Å². The number of nitrogens with zero attached hydrogens (tertiary/aromatic N) is 1. The van der Waals surface area contributed by atoms with Gasteiger partial charge in [-0.2, -0.15) is 0 Å². The smallest absolute Gasteiger partial charge is 0.170 e. The molecule has 2 aliphatic heterocycles. The predicted octanol–water partition coefficient (Wildman–Crippen LogP) is 4.75. The first kappa shape index (κ1) is 34.1. The molecule has 0 amide bonds. The number of morpholine rings is 1. The first-order valence-electron chi connectivity index (χ1n) is 18.7. The molecule has 0 radical (unpaired) electrons. The van der Waals surface area contributed by atoms with E-state index < -0.39 is 23.9 Å². The fourth-order valence-electron chi connectivity index (χ4n) is 13.7. The molecule has 264 valence electrons. The van der Waals surface area contributed by atoms with Crippen LogP contribution in [0.25, 0.3) is 0 Å². The van der Waals surface area contributed by atoms with Gasteiger partial charge in [0.25, 0.3) is 0 Å². The highest BCUT2D eigenvalue weighted by atomic mass is 16.7. The quantitative estimate of drug-likeness (QED) is 0.327. The second kappa shape index (κ2) is 10.6. The molecule has 46 heavy (non-hydrogen) atoms. The molecule has 4 unspecified atom stereocenters. The monoisotopic (exact) mass is 647 g/mol. The summed E-state index contributed by atoms with van der Waals surface area (Å²) in [6.07, 6.45) is 6.37. The summed E-state index contributed by atoms with van der Waals surface area (Å²) in [7, 11) is 0. The summed E-state index contributed by atoms with van der Waals surface area (Å²) in [4.78, 5) is 2.31. The fraction of sp³-hybridized carbons (Fsp3) is 1.00. The van der Waals surface area contributed by atoms with Crippen LogP contribution < -0.4 is 0 Å². The maximum atomic E-state index is 12.4. The van der Waals surface area contributed by atoms with Crippen LogP contribution in [0.15, 0.2) is 0 Å². The molecule has 0 aromatic rings. The van der Waals surface area contributed by atoms with Crippen LogP contribution >= 0.6 is 0 Å². The van der Waals surface area contributed by atoms with Crippen LogP contribution in [0.5, 0.6) is 0 Å². The van der Waals surface area contributed by atoms with E-state index in [2.05, 4.69) is 53.4 Å². The lowest BCUT2D eigenvalue weighted by atomic mass is 9.41. The van der Waals surface area contributed by atoms with Crippen molar-refractivity contribution in [2.24, 2.45) is 50.7 Å². The van der Waals surface area contributed by atoms with Gasteiger partial charge in [-0.25, -0.2) is 0 Å². The summed E-state index contributed by atoms with van der Waals surface area (Å²) in [6, 6.07) is 0. The molecule has 7 fully saturated rings. The van der Waals surface area contributed by atoms with Crippen molar-refractivity contribution in [2.45, 2.75) is 162 Å².